The van der Waals surface area contributed by atoms with Gasteiger partial charge in [0.1, 0.15) is 10.0 Å². The van der Waals surface area contributed by atoms with Gasteiger partial charge in [-0.25, -0.2) is 0 Å². The summed E-state index contributed by atoms with van der Waals surface area (Å²) >= 11 is 30.5. The molecule has 0 fully saturated rings. The second-order valence-corrected chi connectivity index (χ2v) is 7.29. The minimum atomic E-state index is -0.749. The van der Waals surface area contributed by atoms with Crippen molar-refractivity contribution >= 4 is 81.4 Å². The van der Waals surface area contributed by atoms with Crippen molar-refractivity contribution in [2.24, 2.45) is 0 Å². The zero-order valence-corrected chi connectivity index (χ0v) is 16.5. The van der Waals surface area contributed by atoms with Gasteiger partial charge in [-0.2, -0.15) is 0 Å². The van der Waals surface area contributed by atoms with Crippen molar-refractivity contribution in [1.82, 2.24) is 0 Å². The van der Waals surface area contributed by atoms with Gasteiger partial charge in [-0.15, -0.1) is 11.8 Å². The summed E-state index contributed by atoms with van der Waals surface area (Å²) in [6.45, 7) is 0. The van der Waals surface area contributed by atoms with E-state index in [-0.39, 0.29) is 42.3 Å². The number of esters is 1. The van der Waals surface area contributed by atoms with Gasteiger partial charge < -0.3 is 4.74 Å². The van der Waals surface area contributed by atoms with Crippen LogP contribution in [0.4, 0.5) is 5.69 Å². The Bertz CT molecular complexity index is 832. The quantitative estimate of drug-likeness (QED) is 0.0959. The first-order chi connectivity index (χ1) is 11.7. The maximum Gasteiger partial charge on any atom is 0.321 e. The van der Waals surface area contributed by atoms with E-state index in [2.05, 4.69) is 0 Å². The van der Waals surface area contributed by atoms with Gasteiger partial charge in [0, 0.05) is 6.07 Å². The Morgan fingerprint density at radius 3 is 2.08 bits per heavy atom. The molecule has 0 aliphatic rings. The second-order valence-electron chi connectivity index (χ2n) is 4.39. The van der Waals surface area contributed by atoms with Crippen molar-refractivity contribution in [1.29, 1.82) is 0 Å². The first-order valence-corrected chi connectivity index (χ1v) is 9.20. The Morgan fingerprint density at radius 2 is 1.52 bits per heavy atom. The largest absolute Gasteiger partial charge is 0.423 e. The molecule has 11 heteroatoms. The van der Waals surface area contributed by atoms with Crippen molar-refractivity contribution in [3.8, 4) is 5.75 Å². The molecule has 0 N–H and O–H groups in total. The van der Waals surface area contributed by atoms with Crippen LogP contribution in [0.25, 0.3) is 0 Å². The zero-order chi connectivity index (χ0) is 18.7. The second kappa shape index (κ2) is 8.66. The molecule has 0 atom stereocenters. The number of thioether (sulfide) groups is 1. The Hall–Kier alpha value is -0.890. The number of nitro benzene ring substituents is 1. The van der Waals surface area contributed by atoms with Crippen molar-refractivity contribution in [2.75, 3.05) is 5.75 Å². The number of hydrogen-bond donors (Lipinski definition) is 0. The van der Waals surface area contributed by atoms with E-state index >= 15 is 0 Å². The van der Waals surface area contributed by atoms with E-state index in [9.17, 15) is 14.9 Å². The molecule has 2 aromatic carbocycles. The minimum absolute atomic E-state index is 0.0626. The highest BCUT2D eigenvalue weighted by molar-refractivity contribution is 8.00. The lowest BCUT2D eigenvalue weighted by atomic mass is 10.3. The average Bonchev–Trinajstić information content (AvgIpc) is 2.60. The van der Waals surface area contributed by atoms with E-state index in [0.717, 1.165) is 11.8 Å². The maximum absolute atomic E-state index is 12.0. The number of carbonyl (C=O) groups excluding carboxylic acids is 1. The first kappa shape index (κ1) is 20.4. The fourth-order valence-corrected chi connectivity index (χ4v) is 3.68. The summed E-state index contributed by atoms with van der Waals surface area (Å²) in [7, 11) is 0. The summed E-state index contributed by atoms with van der Waals surface area (Å²) in [5, 5.41) is 10.4. The van der Waals surface area contributed by atoms with Crippen LogP contribution < -0.4 is 4.74 Å². The lowest BCUT2D eigenvalue weighted by Gasteiger charge is -2.12. The molecule has 2 aromatic rings. The highest BCUT2D eigenvalue weighted by atomic mass is 35.5. The van der Waals surface area contributed by atoms with E-state index in [1.807, 2.05) is 0 Å². The number of rotatable bonds is 5. The molecule has 0 heterocycles. The van der Waals surface area contributed by atoms with E-state index < -0.39 is 10.9 Å². The van der Waals surface area contributed by atoms with Crippen molar-refractivity contribution in [2.45, 2.75) is 4.90 Å². The van der Waals surface area contributed by atoms with Crippen LogP contribution in [0, 0.1) is 10.1 Å². The van der Waals surface area contributed by atoms with E-state index in [0.29, 0.717) is 4.90 Å². The Balaban J connectivity index is 2.16. The number of nitrogens with zero attached hydrogens (tertiary/aromatic N) is 1. The Kier molecular flexibility index (Phi) is 7.08. The zero-order valence-electron chi connectivity index (χ0n) is 11.9. The van der Waals surface area contributed by atoms with E-state index in [1.54, 1.807) is 6.07 Å². The lowest BCUT2D eigenvalue weighted by Crippen LogP contribution is -2.11. The highest BCUT2D eigenvalue weighted by Crippen LogP contribution is 2.48. The molecule has 5 nitrogen and oxygen atoms in total. The molecule has 0 aliphatic heterocycles. The predicted octanol–water partition coefficient (Wildman–Crippen LogP) is 6.56. The molecular formula is C14H6Cl5NO4S. The number of carbonyl (C=O) groups is 1. The van der Waals surface area contributed by atoms with Gasteiger partial charge in [0.15, 0.2) is 5.75 Å². The third-order valence-electron chi connectivity index (χ3n) is 2.79. The van der Waals surface area contributed by atoms with Crippen LogP contribution in [0.1, 0.15) is 0 Å². The molecule has 0 bridgehead atoms. The van der Waals surface area contributed by atoms with Gasteiger partial charge in [0.05, 0.1) is 30.6 Å². The van der Waals surface area contributed by atoms with Crippen molar-refractivity contribution in [3.63, 3.8) is 0 Å². The molecule has 0 radical (unpaired) electrons. The van der Waals surface area contributed by atoms with Crippen LogP contribution in [0.15, 0.2) is 29.2 Å². The summed E-state index contributed by atoms with van der Waals surface area (Å²) in [6.07, 6.45) is 0. The van der Waals surface area contributed by atoms with Crippen molar-refractivity contribution in [3.05, 3.63) is 59.5 Å². The number of halogens is 5. The molecule has 132 valence electrons. The molecule has 0 aliphatic carbocycles. The SMILES string of the molecule is O=C(CSc1ccccc1[N+](=O)[O-])Oc1c(Cl)c(Cl)c(Cl)c(Cl)c1Cl. The number of nitro groups is 1. The smallest absolute Gasteiger partial charge is 0.321 e. The van der Waals surface area contributed by atoms with E-state index in [4.69, 9.17) is 62.7 Å². The summed E-state index contributed by atoms with van der Waals surface area (Å²) in [5.74, 6) is -1.20. The number of hydrogen-bond acceptors (Lipinski definition) is 5. The van der Waals surface area contributed by atoms with E-state index in [1.165, 1.54) is 18.2 Å². The molecule has 25 heavy (non-hydrogen) atoms. The lowest BCUT2D eigenvalue weighted by molar-refractivity contribution is -0.387. The summed E-state index contributed by atoms with van der Waals surface area (Å²) in [4.78, 5) is 22.8. The highest BCUT2D eigenvalue weighted by Gasteiger charge is 2.23. The first-order valence-electron chi connectivity index (χ1n) is 6.32. The van der Waals surface area contributed by atoms with Crippen molar-refractivity contribution < 1.29 is 14.5 Å². The van der Waals surface area contributed by atoms with Gasteiger partial charge in [-0.1, -0.05) is 70.1 Å². The van der Waals surface area contributed by atoms with Gasteiger partial charge >= 0.3 is 5.97 Å². The molecular weight excluding hydrogens is 455 g/mol. The molecule has 0 saturated heterocycles. The topological polar surface area (TPSA) is 69.4 Å². The minimum Gasteiger partial charge on any atom is -0.423 e. The predicted molar refractivity (Wildman–Crippen MR) is 101 cm³/mol. The van der Waals surface area contributed by atoms with Crippen LogP contribution >= 0.6 is 69.8 Å². The summed E-state index contributed by atoms with van der Waals surface area (Å²) < 4.78 is 5.09. The molecule has 0 aromatic heterocycles. The van der Waals surface area contributed by atoms with Crippen LogP contribution in [-0.2, 0) is 4.79 Å². The summed E-state index contributed by atoms with van der Waals surface area (Å²) in [5.41, 5.74) is -0.117. The van der Waals surface area contributed by atoms with Gasteiger partial charge in [0.25, 0.3) is 5.69 Å². The van der Waals surface area contributed by atoms with Gasteiger partial charge in [-0.3, -0.25) is 14.9 Å². The van der Waals surface area contributed by atoms with Crippen LogP contribution in [0.2, 0.25) is 25.1 Å². The number of ether oxygens (including phenoxy) is 1. The average molecular weight is 462 g/mol. The monoisotopic (exact) mass is 459 g/mol. The fraction of sp³-hybridized carbons (Fsp3) is 0.0714. The third-order valence-corrected chi connectivity index (χ3v) is 6.07. The van der Waals surface area contributed by atoms with Crippen LogP contribution in [0.5, 0.6) is 5.75 Å². The third kappa shape index (κ3) is 4.64. The maximum atomic E-state index is 12.0. The normalized spacial score (nSPS) is 10.6. The van der Waals surface area contributed by atoms with Gasteiger partial charge in [-0.05, 0) is 6.07 Å². The molecule has 0 spiro atoms. The van der Waals surface area contributed by atoms with Gasteiger partial charge in [0.2, 0.25) is 0 Å². The fourth-order valence-electron chi connectivity index (χ4n) is 1.68. The standard InChI is InChI=1S/C14H6Cl5NO4S/c15-9-10(16)12(18)14(13(19)11(9)17)24-8(21)5-25-7-4-2-1-3-6(7)20(22)23/h1-4H,5H2. The molecule has 0 amide bonds. The number of para-hydroxylation sites is 1. The van der Waals surface area contributed by atoms with Crippen LogP contribution in [0.3, 0.4) is 0 Å². The molecule has 0 saturated carbocycles. The molecule has 0 unspecified atom stereocenters. The Labute approximate surface area is 171 Å². The summed E-state index contributed by atoms with van der Waals surface area (Å²) in [6, 6.07) is 6.00. The Morgan fingerprint density at radius 1 is 1.00 bits per heavy atom. The number of benzene rings is 2. The van der Waals surface area contributed by atoms with Crippen LogP contribution in [-0.4, -0.2) is 16.6 Å². The molecule has 2 rings (SSSR count).